The molecule has 1 unspecified atom stereocenters. The fraction of sp³-hybridized carbons (Fsp3) is 0.333. The second-order valence-electron chi connectivity index (χ2n) is 10.5. The van der Waals surface area contributed by atoms with Gasteiger partial charge in [-0.1, -0.05) is 12.1 Å². The van der Waals surface area contributed by atoms with Crippen LogP contribution in [0.5, 0.6) is 11.6 Å². The number of nitrogens with one attached hydrogen (secondary N) is 4. The number of rotatable bonds is 9. The molecule has 12 heteroatoms. The summed E-state index contributed by atoms with van der Waals surface area (Å²) in [7, 11) is 5.17. The van der Waals surface area contributed by atoms with E-state index in [0.717, 1.165) is 36.0 Å². The van der Waals surface area contributed by atoms with E-state index in [9.17, 15) is 9.59 Å². The average Bonchev–Trinajstić information content (AvgIpc) is 3.66. The summed E-state index contributed by atoms with van der Waals surface area (Å²) in [5.74, 6) is 0.886. The van der Waals surface area contributed by atoms with Gasteiger partial charge in [-0.2, -0.15) is 9.97 Å². The van der Waals surface area contributed by atoms with Gasteiger partial charge >= 0.3 is 0 Å². The zero-order valence-corrected chi connectivity index (χ0v) is 23.7. The molecule has 2 saturated heterocycles. The molecule has 0 saturated carbocycles. The number of nitrogens with zero attached hydrogens (tertiary/aromatic N) is 3. The minimum Gasteiger partial charge on any atom is -0.495 e. The first-order chi connectivity index (χ1) is 20.4. The van der Waals surface area contributed by atoms with E-state index >= 15 is 0 Å². The topological polar surface area (TPSA) is 143 Å². The van der Waals surface area contributed by atoms with Crippen LogP contribution in [-0.4, -0.2) is 91.3 Å². The number of carbonyl (C=O) groups is 2. The van der Waals surface area contributed by atoms with Gasteiger partial charge in [0.05, 0.1) is 37.4 Å². The Bertz CT molecular complexity index is 1610. The molecule has 2 fully saturated rings. The summed E-state index contributed by atoms with van der Waals surface area (Å²) >= 11 is 0. The number of ether oxygens (including phenoxy) is 3. The van der Waals surface area contributed by atoms with Gasteiger partial charge in [0, 0.05) is 49.4 Å². The van der Waals surface area contributed by atoms with E-state index in [4.69, 9.17) is 24.2 Å². The van der Waals surface area contributed by atoms with Crippen LogP contribution in [0.25, 0.3) is 22.2 Å². The number of amides is 2. The van der Waals surface area contributed by atoms with Crippen molar-refractivity contribution >= 4 is 34.5 Å². The summed E-state index contributed by atoms with van der Waals surface area (Å²) in [6, 6.07) is 12.7. The van der Waals surface area contributed by atoms with Crippen molar-refractivity contribution in [1.82, 2.24) is 30.5 Å². The Kier molecular flexibility index (Phi) is 7.64. The van der Waals surface area contributed by atoms with Crippen LogP contribution in [0, 0.1) is 0 Å². The van der Waals surface area contributed by atoms with E-state index in [2.05, 4.69) is 25.8 Å². The van der Waals surface area contributed by atoms with Crippen molar-refractivity contribution in [2.45, 2.75) is 18.6 Å². The molecule has 2 amide bonds. The predicted molar refractivity (Wildman–Crippen MR) is 158 cm³/mol. The number of aromatic amines is 1. The molecular formula is C30H33N7O5. The summed E-state index contributed by atoms with van der Waals surface area (Å²) in [5, 5.41) is 9.63. The highest BCUT2D eigenvalue weighted by Crippen LogP contribution is 2.37. The van der Waals surface area contributed by atoms with Gasteiger partial charge in [-0.05, 0) is 42.9 Å². The number of likely N-dealkylation sites (N-methyl/N-ethyl adjacent to an activating group) is 1. The molecule has 2 aliphatic rings. The van der Waals surface area contributed by atoms with E-state index in [1.54, 1.807) is 44.5 Å². The molecule has 0 aliphatic carbocycles. The molecule has 0 bridgehead atoms. The molecule has 2 aliphatic heterocycles. The van der Waals surface area contributed by atoms with Gasteiger partial charge in [-0.25, -0.2) is 0 Å². The van der Waals surface area contributed by atoms with Crippen LogP contribution in [0.1, 0.15) is 27.1 Å². The van der Waals surface area contributed by atoms with Gasteiger partial charge < -0.3 is 40.0 Å². The zero-order chi connectivity index (χ0) is 29.2. The maximum Gasteiger partial charge on any atom is 0.251 e. The van der Waals surface area contributed by atoms with Crippen LogP contribution in [-0.2, 0) is 4.74 Å². The monoisotopic (exact) mass is 571 g/mol. The number of likely N-dealkylation sites (tertiary alicyclic amines) is 1. The van der Waals surface area contributed by atoms with Crippen molar-refractivity contribution in [2.75, 3.05) is 52.8 Å². The third kappa shape index (κ3) is 5.58. The summed E-state index contributed by atoms with van der Waals surface area (Å²) in [4.78, 5) is 39.6. The van der Waals surface area contributed by atoms with Gasteiger partial charge in [-0.3, -0.25) is 9.59 Å². The summed E-state index contributed by atoms with van der Waals surface area (Å²) in [5.41, 5.74) is 3.98. The van der Waals surface area contributed by atoms with Crippen molar-refractivity contribution in [1.29, 1.82) is 0 Å². The van der Waals surface area contributed by atoms with E-state index in [1.807, 2.05) is 25.4 Å². The van der Waals surface area contributed by atoms with Gasteiger partial charge in [-0.15, -0.1) is 0 Å². The molecule has 1 atom stereocenters. The lowest BCUT2D eigenvalue weighted by molar-refractivity contribution is 0.0857. The molecule has 12 nitrogen and oxygen atoms in total. The first-order valence-electron chi connectivity index (χ1n) is 13.8. The number of hydrogen-bond acceptors (Lipinski definition) is 9. The lowest BCUT2D eigenvalue weighted by Crippen LogP contribution is -2.57. The van der Waals surface area contributed by atoms with Crippen LogP contribution in [0.15, 0.2) is 48.7 Å². The minimum atomic E-state index is -0.153. The quantitative estimate of drug-likeness (QED) is 0.238. The smallest absolute Gasteiger partial charge is 0.251 e. The standard InChI is InChI=1S/C30H33N7O5/c1-31-27(38)18-6-4-17(5-7-18)22-13-32-26-25(22)29(42-21-10-11-41-16-21)36-30(35-26)34-23-9-8-19(12-24(23)40-3)28(39)33-20-14-37(2)15-20/h4-9,12-13,20-21H,10-11,14-16H2,1-3H3,(H,31,38)(H,33,39)(H2,32,34,35,36). The third-order valence-electron chi connectivity index (χ3n) is 7.46. The van der Waals surface area contributed by atoms with Crippen LogP contribution in [0.3, 0.4) is 0 Å². The van der Waals surface area contributed by atoms with E-state index in [0.29, 0.717) is 53.3 Å². The van der Waals surface area contributed by atoms with E-state index in [-0.39, 0.29) is 24.0 Å². The maximum atomic E-state index is 12.8. The van der Waals surface area contributed by atoms with Crippen molar-refractivity contribution in [3.8, 4) is 22.8 Å². The Morgan fingerprint density at radius 3 is 2.55 bits per heavy atom. The van der Waals surface area contributed by atoms with Crippen molar-refractivity contribution in [2.24, 2.45) is 0 Å². The number of anilines is 2. The number of carbonyl (C=O) groups excluding carboxylic acids is 2. The van der Waals surface area contributed by atoms with Crippen molar-refractivity contribution < 1.29 is 23.8 Å². The largest absolute Gasteiger partial charge is 0.495 e. The highest BCUT2D eigenvalue weighted by atomic mass is 16.5. The molecule has 42 heavy (non-hydrogen) atoms. The van der Waals surface area contributed by atoms with Gasteiger partial charge in [0.15, 0.2) is 0 Å². The third-order valence-corrected chi connectivity index (χ3v) is 7.46. The Labute approximate surface area is 242 Å². The van der Waals surface area contributed by atoms with Gasteiger partial charge in [0.25, 0.3) is 11.8 Å². The fourth-order valence-electron chi connectivity index (χ4n) is 5.19. The molecule has 2 aromatic carbocycles. The van der Waals surface area contributed by atoms with Crippen LogP contribution in [0.4, 0.5) is 11.6 Å². The zero-order valence-electron chi connectivity index (χ0n) is 23.7. The lowest BCUT2D eigenvalue weighted by Gasteiger charge is -2.36. The van der Waals surface area contributed by atoms with Crippen molar-refractivity contribution in [3.05, 3.63) is 59.8 Å². The average molecular weight is 572 g/mol. The SMILES string of the molecule is CNC(=O)c1ccc(-c2c[nH]c3nc(Nc4ccc(C(=O)NC5CN(C)C5)cc4OC)nc(OC4CCOC4)c23)cc1. The number of aromatic nitrogens is 3. The second kappa shape index (κ2) is 11.7. The van der Waals surface area contributed by atoms with Gasteiger partial charge in [0.2, 0.25) is 11.8 Å². The first kappa shape index (κ1) is 27.5. The minimum absolute atomic E-state index is 0.142. The summed E-state index contributed by atoms with van der Waals surface area (Å²) < 4.78 is 17.5. The second-order valence-corrected chi connectivity index (χ2v) is 10.5. The molecule has 6 rings (SSSR count). The molecule has 4 aromatic rings. The molecular weight excluding hydrogens is 538 g/mol. The number of H-pyrrole nitrogens is 1. The van der Waals surface area contributed by atoms with Crippen LogP contribution in [0.2, 0.25) is 0 Å². The Hall–Kier alpha value is -4.68. The van der Waals surface area contributed by atoms with E-state index in [1.165, 1.54) is 0 Å². The number of benzene rings is 2. The summed E-state index contributed by atoms with van der Waals surface area (Å²) in [6.07, 6.45) is 2.46. The molecule has 4 N–H and O–H groups in total. The van der Waals surface area contributed by atoms with Crippen molar-refractivity contribution in [3.63, 3.8) is 0 Å². The fourth-order valence-corrected chi connectivity index (χ4v) is 5.19. The molecule has 4 heterocycles. The molecule has 2 aromatic heterocycles. The number of fused-ring (bicyclic) bond motifs is 1. The Morgan fingerprint density at radius 1 is 1.07 bits per heavy atom. The number of methoxy groups -OCH3 is 1. The predicted octanol–water partition coefficient (Wildman–Crippen LogP) is 2.95. The van der Waals surface area contributed by atoms with Gasteiger partial charge in [0.1, 0.15) is 17.5 Å². The first-order valence-corrected chi connectivity index (χ1v) is 13.8. The normalized spacial score (nSPS) is 17.1. The highest BCUT2D eigenvalue weighted by molar-refractivity contribution is 5.99. The Balaban J connectivity index is 1.31. The van der Waals surface area contributed by atoms with E-state index < -0.39 is 0 Å². The summed E-state index contributed by atoms with van der Waals surface area (Å²) in [6.45, 7) is 2.77. The molecule has 0 spiro atoms. The molecule has 218 valence electrons. The Morgan fingerprint density at radius 2 is 1.86 bits per heavy atom. The van der Waals surface area contributed by atoms with Crippen LogP contribution < -0.4 is 25.4 Å². The molecule has 0 radical (unpaired) electrons. The maximum absolute atomic E-state index is 12.8. The van der Waals surface area contributed by atoms with Crippen LogP contribution >= 0.6 is 0 Å². The highest BCUT2D eigenvalue weighted by Gasteiger charge is 2.26. The lowest BCUT2D eigenvalue weighted by atomic mass is 10.0. The number of hydrogen-bond donors (Lipinski definition) is 4.